The van der Waals surface area contributed by atoms with Gasteiger partial charge >= 0.3 is 83.2 Å². The van der Waals surface area contributed by atoms with Gasteiger partial charge in [0.15, 0.2) is 0 Å². The Hall–Kier alpha value is -3.13. The monoisotopic (exact) mass is 906 g/mol. The normalized spacial score (nSPS) is 16.3. The van der Waals surface area contributed by atoms with Crippen molar-refractivity contribution in [2.45, 2.75) is 89.6 Å². The molecule has 0 spiro atoms. The lowest BCUT2D eigenvalue weighted by Gasteiger charge is -2.46. The maximum Gasteiger partial charge on any atom is 0.460 e. The summed E-state index contributed by atoms with van der Waals surface area (Å²) in [4.78, 5) is 22.0. The molecule has 0 saturated carbocycles. The predicted octanol–water partition coefficient (Wildman–Crippen LogP) is 7.14. The zero-order valence-electron chi connectivity index (χ0n) is 26.0. The average Bonchev–Trinajstić information content (AvgIpc) is 2.96. The predicted molar refractivity (Wildman–Crippen MR) is 115 cm³/mol. The summed E-state index contributed by atoms with van der Waals surface area (Å²) in [6.45, 7) is -3.08. The quantitative estimate of drug-likeness (QED) is 0.0853. The highest BCUT2D eigenvalue weighted by Gasteiger charge is 3.01. The van der Waals surface area contributed by atoms with E-state index in [9.17, 15) is 142 Å². The van der Waals surface area contributed by atoms with E-state index in [4.69, 9.17) is 0 Å². The molecule has 0 atom stereocenters. The van der Waals surface area contributed by atoms with Crippen LogP contribution < -0.4 is 10.4 Å². The van der Waals surface area contributed by atoms with E-state index in [1.807, 2.05) is 0 Å². The third kappa shape index (κ3) is 7.17. The SMILES string of the molecule is C[N+](C)(CCCNC(=O)C(F)(F)C(F)(F)C(F)(F)C(F)(F)C(F)(F)C(F)(F)C(F)(F)C(F)(F)C(F)(F)C(F)(F)C(F)(F)C(F)(F)C(F)(F)C(F)(F)F)CC(=O)[O-]. The van der Waals surface area contributed by atoms with Crippen molar-refractivity contribution in [3.8, 4) is 0 Å². The van der Waals surface area contributed by atoms with Gasteiger partial charge in [-0.3, -0.25) is 4.79 Å². The number of aliphatic carboxylic acids is 1. The average molecular weight is 906 g/mol. The highest BCUT2D eigenvalue weighted by Crippen LogP contribution is 2.69. The molecule has 5 nitrogen and oxygen atoms in total. The summed E-state index contributed by atoms with van der Waals surface area (Å²) in [6, 6.07) is 0. The topological polar surface area (TPSA) is 69.2 Å². The molecule has 0 aromatic heterocycles. The molecule has 0 fully saturated rings. The third-order valence-electron chi connectivity index (χ3n) is 7.16. The van der Waals surface area contributed by atoms with Crippen LogP contribution in [0.1, 0.15) is 6.42 Å². The van der Waals surface area contributed by atoms with Crippen LogP contribution in [0.4, 0.5) is 127 Å². The zero-order chi connectivity index (χ0) is 46.2. The summed E-state index contributed by atoms with van der Waals surface area (Å²) >= 11 is 0. The van der Waals surface area contributed by atoms with Crippen LogP contribution in [-0.4, -0.2) is 133 Å². The number of carbonyl (C=O) groups excluding carboxylic acids is 2. The van der Waals surface area contributed by atoms with Crippen molar-refractivity contribution in [2.24, 2.45) is 0 Å². The number of carboxylic acid groups (broad SMARTS) is 1. The number of carbonyl (C=O) groups is 2. The Morgan fingerprint density at radius 2 is 0.661 bits per heavy atom. The molecule has 0 aliphatic heterocycles. The summed E-state index contributed by atoms with van der Waals surface area (Å²) in [5, 5.41) is 11.1. The lowest BCUT2D eigenvalue weighted by atomic mass is 9.83. The first-order valence-electron chi connectivity index (χ1n) is 13.1. The van der Waals surface area contributed by atoms with Crippen molar-refractivity contribution in [3.05, 3.63) is 0 Å². The summed E-state index contributed by atoms with van der Waals surface area (Å²) in [5.74, 6) is -128. The van der Waals surface area contributed by atoms with E-state index in [-0.39, 0.29) is 0 Å². The van der Waals surface area contributed by atoms with Gasteiger partial charge in [-0.25, -0.2) is 0 Å². The third-order valence-corrected chi connectivity index (χ3v) is 7.16. The van der Waals surface area contributed by atoms with E-state index < -0.39 is 126 Å². The van der Waals surface area contributed by atoms with Crippen LogP contribution in [0.5, 0.6) is 0 Å². The minimum atomic E-state index is -10.0. The van der Waals surface area contributed by atoms with Gasteiger partial charge in [0.1, 0.15) is 6.54 Å². The second kappa shape index (κ2) is 14.0. The molecule has 0 saturated heterocycles. The Balaban J connectivity index is 7.18. The van der Waals surface area contributed by atoms with Crippen molar-refractivity contribution >= 4 is 11.9 Å². The summed E-state index contributed by atoms with van der Waals surface area (Å²) < 4.78 is 394. The van der Waals surface area contributed by atoms with Gasteiger partial charge in [-0.05, 0) is 0 Å². The van der Waals surface area contributed by atoms with Crippen LogP contribution in [0.2, 0.25) is 0 Å². The highest BCUT2D eigenvalue weighted by molar-refractivity contribution is 5.84. The molecule has 0 aromatic carbocycles. The largest absolute Gasteiger partial charge is 0.544 e. The molecule has 34 heteroatoms. The minimum Gasteiger partial charge on any atom is -0.544 e. The molecule has 0 aliphatic carbocycles. The Bertz CT molecular complexity index is 1450. The number of halogens is 29. The van der Waals surface area contributed by atoms with E-state index in [1.54, 1.807) is 0 Å². The lowest BCUT2D eigenvalue weighted by Crippen LogP contribution is -2.79. The first-order valence-corrected chi connectivity index (χ1v) is 13.1. The van der Waals surface area contributed by atoms with E-state index >= 15 is 0 Å². The summed E-state index contributed by atoms with van der Waals surface area (Å²) in [5.41, 5.74) is 0. The van der Waals surface area contributed by atoms with Gasteiger partial charge in [0.05, 0.1) is 26.6 Å². The Morgan fingerprint density at radius 1 is 0.429 bits per heavy atom. The molecule has 0 rings (SSSR count). The maximum absolute atomic E-state index is 14.0. The number of amides is 1. The number of nitrogens with zero attached hydrogens (tertiary/aromatic N) is 1. The summed E-state index contributed by atoms with van der Waals surface area (Å²) in [7, 11) is 2.00. The number of hydrogen-bond donors (Lipinski definition) is 1. The van der Waals surface area contributed by atoms with E-state index in [0.717, 1.165) is 14.1 Å². The number of nitrogens with one attached hydrogen (secondary N) is 1. The van der Waals surface area contributed by atoms with Crippen molar-refractivity contribution in [3.63, 3.8) is 0 Å². The van der Waals surface area contributed by atoms with Crippen molar-refractivity contribution in [1.82, 2.24) is 5.32 Å². The Morgan fingerprint density at radius 3 is 0.893 bits per heavy atom. The number of alkyl halides is 29. The van der Waals surface area contributed by atoms with Crippen LogP contribution in [0, 0.1) is 0 Å². The van der Waals surface area contributed by atoms with Crippen LogP contribution in [0.25, 0.3) is 0 Å². The highest BCUT2D eigenvalue weighted by atomic mass is 19.4. The Kier molecular flexibility index (Phi) is 13.2. The van der Waals surface area contributed by atoms with Crippen molar-refractivity contribution in [1.29, 1.82) is 0 Å². The summed E-state index contributed by atoms with van der Waals surface area (Å²) in [6.07, 6.45) is -9.22. The fourth-order valence-electron chi connectivity index (χ4n) is 3.74. The molecular formula is C22H15F29N2O3. The van der Waals surface area contributed by atoms with Gasteiger partial charge in [-0.2, -0.15) is 127 Å². The molecular weight excluding hydrogens is 891 g/mol. The molecule has 0 bridgehead atoms. The van der Waals surface area contributed by atoms with E-state index in [1.165, 1.54) is 0 Å². The van der Waals surface area contributed by atoms with E-state index in [0.29, 0.717) is 5.32 Å². The maximum atomic E-state index is 14.0. The minimum absolute atomic E-state index is 0.509. The molecule has 0 radical (unpaired) electrons. The first-order chi connectivity index (χ1) is 23.8. The molecule has 56 heavy (non-hydrogen) atoms. The molecule has 1 N–H and O–H groups in total. The standard InChI is InChI=1S/C22H15F29N2O3/c1-53(2,6-7(54)55)5-3-4-52-8(56)9(23,24)10(25,26)11(27,28)12(29,30)13(31,32)14(33,34)15(35,36)16(37,38)17(39,40)18(41,42)19(43,44)20(45,46)21(47,48)22(49,50)51/h3-6H2,1-2H3,(H-,52,54,55,56). The van der Waals surface area contributed by atoms with Crippen molar-refractivity contribution < 1.29 is 147 Å². The van der Waals surface area contributed by atoms with Gasteiger partial charge < -0.3 is 19.7 Å². The van der Waals surface area contributed by atoms with Gasteiger partial charge in [0.2, 0.25) is 0 Å². The van der Waals surface area contributed by atoms with Crippen molar-refractivity contribution in [2.75, 3.05) is 33.7 Å². The molecule has 0 aliphatic rings. The van der Waals surface area contributed by atoms with Gasteiger partial charge in [0, 0.05) is 13.0 Å². The fourth-order valence-corrected chi connectivity index (χ4v) is 3.74. The Labute approximate surface area is 288 Å². The van der Waals surface area contributed by atoms with Crippen LogP contribution >= 0.6 is 0 Å². The van der Waals surface area contributed by atoms with E-state index in [2.05, 4.69) is 0 Å². The molecule has 0 aromatic rings. The van der Waals surface area contributed by atoms with Crippen LogP contribution in [0.15, 0.2) is 0 Å². The number of rotatable bonds is 19. The van der Waals surface area contributed by atoms with Gasteiger partial charge in [0.25, 0.3) is 5.91 Å². The number of carboxylic acids is 1. The van der Waals surface area contributed by atoms with Gasteiger partial charge in [-0.1, -0.05) is 0 Å². The van der Waals surface area contributed by atoms with Gasteiger partial charge in [-0.15, -0.1) is 0 Å². The second-order valence-electron chi connectivity index (χ2n) is 11.8. The number of quaternary nitrogens is 1. The van der Waals surface area contributed by atoms with Crippen LogP contribution in [-0.2, 0) is 9.59 Å². The van der Waals surface area contributed by atoms with Crippen LogP contribution in [0.3, 0.4) is 0 Å². The molecule has 0 unspecified atom stereocenters. The molecule has 0 heterocycles. The second-order valence-corrected chi connectivity index (χ2v) is 11.8. The number of hydrogen-bond acceptors (Lipinski definition) is 3. The zero-order valence-corrected chi connectivity index (χ0v) is 26.0. The molecule has 1 amide bonds. The number of likely N-dealkylation sites (N-methyl/N-ethyl adjacent to an activating group) is 1. The first kappa shape index (κ1) is 52.9. The molecule has 334 valence electrons. The fraction of sp³-hybridized carbons (Fsp3) is 0.909. The smallest absolute Gasteiger partial charge is 0.460 e. The lowest BCUT2D eigenvalue weighted by molar-refractivity contribution is -0.884.